The van der Waals surface area contributed by atoms with Crippen LogP contribution in [0.2, 0.25) is 5.02 Å². The van der Waals surface area contributed by atoms with Gasteiger partial charge in [-0.1, -0.05) is 45.7 Å². The summed E-state index contributed by atoms with van der Waals surface area (Å²) in [5.74, 6) is 0.129. The fourth-order valence-electron chi connectivity index (χ4n) is 1.89. The van der Waals surface area contributed by atoms with Crippen molar-refractivity contribution in [3.8, 4) is 0 Å². The van der Waals surface area contributed by atoms with Crippen molar-refractivity contribution >= 4 is 39.0 Å². The van der Waals surface area contributed by atoms with E-state index < -0.39 is 0 Å². The quantitative estimate of drug-likeness (QED) is 0.759. The highest BCUT2D eigenvalue weighted by Gasteiger charge is 2.06. The largest absolute Gasteiger partial charge is 0.384 e. The summed E-state index contributed by atoms with van der Waals surface area (Å²) < 4.78 is 0.974. The van der Waals surface area contributed by atoms with Gasteiger partial charge in [-0.15, -0.1) is 0 Å². The van der Waals surface area contributed by atoms with E-state index in [0.717, 1.165) is 26.3 Å². The van der Waals surface area contributed by atoms with Crippen molar-refractivity contribution in [2.24, 2.45) is 0 Å². The number of hydrogen-bond acceptors (Lipinski definition) is 2. The Morgan fingerprint density at radius 2 is 1.90 bits per heavy atom. The third-order valence-electron chi connectivity index (χ3n) is 3.10. The van der Waals surface area contributed by atoms with Crippen LogP contribution < -0.4 is 5.32 Å². The average molecular weight is 353 g/mol. The Morgan fingerprint density at radius 1 is 1.20 bits per heavy atom. The molecule has 0 radical (unpaired) electrons. The average Bonchev–Trinajstić information content (AvgIpc) is 2.44. The molecule has 2 aromatic rings. The summed E-state index contributed by atoms with van der Waals surface area (Å²) in [7, 11) is 0. The second-order valence-electron chi connectivity index (χ2n) is 4.52. The van der Waals surface area contributed by atoms with Gasteiger partial charge in [0.25, 0.3) is 0 Å². The molecule has 0 saturated carbocycles. The lowest BCUT2D eigenvalue weighted by atomic mass is 10.1. The smallest absolute Gasteiger partial charge is 0.164 e. The molecule has 20 heavy (non-hydrogen) atoms. The van der Waals surface area contributed by atoms with E-state index in [0.29, 0.717) is 13.0 Å². The third-order valence-corrected chi connectivity index (χ3v) is 4.04. The van der Waals surface area contributed by atoms with Crippen LogP contribution >= 0.6 is 27.5 Å². The van der Waals surface area contributed by atoms with Gasteiger partial charge in [0.05, 0.1) is 0 Å². The van der Waals surface area contributed by atoms with Crippen molar-refractivity contribution in [2.75, 3.05) is 11.9 Å². The normalized spacial score (nSPS) is 10.3. The van der Waals surface area contributed by atoms with Crippen molar-refractivity contribution in [1.82, 2.24) is 0 Å². The Hall–Kier alpha value is -1.32. The SMILES string of the molecule is Cc1c(Cl)cccc1NCCC(=O)c1ccc(Br)cc1. The Kier molecular flexibility index (Phi) is 5.21. The summed E-state index contributed by atoms with van der Waals surface area (Å²) in [6.45, 7) is 2.55. The number of carbonyl (C=O) groups is 1. The van der Waals surface area contributed by atoms with Gasteiger partial charge in [0.2, 0.25) is 0 Å². The van der Waals surface area contributed by atoms with Crippen LogP contribution in [0, 0.1) is 6.92 Å². The number of hydrogen-bond donors (Lipinski definition) is 1. The molecule has 0 heterocycles. The molecular weight excluding hydrogens is 338 g/mol. The molecule has 0 aliphatic carbocycles. The van der Waals surface area contributed by atoms with E-state index in [4.69, 9.17) is 11.6 Å². The molecule has 104 valence electrons. The molecule has 0 aliphatic rings. The Morgan fingerprint density at radius 3 is 2.60 bits per heavy atom. The monoisotopic (exact) mass is 351 g/mol. The minimum atomic E-state index is 0.129. The number of rotatable bonds is 5. The maximum Gasteiger partial charge on any atom is 0.164 e. The van der Waals surface area contributed by atoms with Crippen LogP contribution in [0.5, 0.6) is 0 Å². The first-order chi connectivity index (χ1) is 9.58. The van der Waals surface area contributed by atoms with Crippen molar-refractivity contribution < 1.29 is 4.79 Å². The number of ketones is 1. The summed E-state index contributed by atoms with van der Waals surface area (Å²) in [6.07, 6.45) is 0.452. The molecule has 0 bridgehead atoms. The molecule has 2 nitrogen and oxygen atoms in total. The fourth-order valence-corrected chi connectivity index (χ4v) is 2.33. The summed E-state index contributed by atoms with van der Waals surface area (Å²) in [5, 5.41) is 3.98. The lowest BCUT2D eigenvalue weighted by Gasteiger charge is -2.10. The highest BCUT2D eigenvalue weighted by Crippen LogP contribution is 2.22. The highest BCUT2D eigenvalue weighted by atomic mass is 79.9. The van der Waals surface area contributed by atoms with E-state index in [1.54, 1.807) is 0 Å². The molecule has 0 saturated heterocycles. The Balaban J connectivity index is 1.91. The molecule has 1 N–H and O–H groups in total. The van der Waals surface area contributed by atoms with Gasteiger partial charge in [-0.25, -0.2) is 0 Å². The molecule has 4 heteroatoms. The van der Waals surface area contributed by atoms with Gasteiger partial charge < -0.3 is 5.32 Å². The van der Waals surface area contributed by atoms with Gasteiger partial charge in [-0.3, -0.25) is 4.79 Å². The molecule has 0 spiro atoms. The Bertz CT molecular complexity index is 610. The lowest BCUT2D eigenvalue weighted by molar-refractivity contribution is 0.0986. The predicted molar refractivity (Wildman–Crippen MR) is 87.8 cm³/mol. The van der Waals surface area contributed by atoms with E-state index in [1.807, 2.05) is 49.4 Å². The van der Waals surface area contributed by atoms with Crippen LogP contribution in [0.1, 0.15) is 22.3 Å². The van der Waals surface area contributed by atoms with Crippen LogP contribution in [0.15, 0.2) is 46.9 Å². The number of carbonyl (C=O) groups excluding carboxylic acids is 1. The number of benzene rings is 2. The standard InChI is InChI=1S/C16H15BrClNO/c1-11-14(18)3-2-4-15(11)19-10-9-16(20)12-5-7-13(17)8-6-12/h2-8,19H,9-10H2,1H3. The zero-order chi connectivity index (χ0) is 14.5. The number of nitrogens with one attached hydrogen (secondary N) is 1. The first-order valence-corrected chi connectivity index (χ1v) is 7.53. The molecule has 0 atom stereocenters. The number of halogens is 2. The van der Waals surface area contributed by atoms with Crippen LogP contribution in [-0.2, 0) is 0 Å². The number of Topliss-reactive ketones (excluding diaryl/α,β-unsaturated/α-hetero) is 1. The summed E-state index contributed by atoms with van der Waals surface area (Å²) >= 11 is 9.41. The third kappa shape index (κ3) is 3.84. The molecule has 0 fully saturated rings. The lowest BCUT2D eigenvalue weighted by Crippen LogP contribution is -2.09. The van der Waals surface area contributed by atoms with Gasteiger partial charge in [0.1, 0.15) is 0 Å². The highest BCUT2D eigenvalue weighted by molar-refractivity contribution is 9.10. The van der Waals surface area contributed by atoms with Crippen LogP contribution in [0.4, 0.5) is 5.69 Å². The van der Waals surface area contributed by atoms with E-state index >= 15 is 0 Å². The van der Waals surface area contributed by atoms with Crippen LogP contribution in [-0.4, -0.2) is 12.3 Å². The molecule has 0 aromatic heterocycles. The van der Waals surface area contributed by atoms with Crippen molar-refractivity contribution in [3.63, 3.8) is 0 Å². The van der Waals surface area contributed by atoms with Crippen LogP contribution in [0.25, 0.3) is 0 Å². The van der Waals surface area contributed by atoms with Gasteiger partial charge in [0, 0.05) is 33.7 Å². The zero-order valence-electron chi connectivity index (χ0n) is 11.1. The Labute approximate surface area is 132 Å². The van der Waals surface area contributed by atoms with E-state index in [1.165, 1.54) is 0 Å². The minimum Gasteiger partial charge on any atom is -0.384 e. The van der Waals surface area contributed by atoms with Gasteiger partial charge >= 0.3 is 0 Å². The molecule has 2 rings (SSSR count). The fraction of sp³-hybridized carbons (Fsp3) is 0.188. The first-order valence-electron chi connectivity index (χ1n) is 6.35. The van der Waals surface area contributed by atoms with Gasteiger partial charge in [-0.05, 0) is 36.8 Å². The second kappa shape index (κ2) is 6.91. The van der Waals surface area contributed by atoms with Gasteiger partial charge in [0.15, 0.2) is 5.78 Å². The van der Waals surface area contributed by atoms with Crippen molar-refractivity contribution in [1.29, 1.82) is 0 Å². The summed E-state index contributed by atoms with van der Waals surface area (Å²) in [6, 6.07) is 13.1. The maximum absolute atomic E-state index is 12.0. The molecular formula is C16H15BrClNO. The van der Waals surface area contributed by atoms with E-state index in [-0.39, 0.29) is 5.78 Å². The van der Waals surface area contributed by atoms with Gasteiger partial charge in [-0.2, -0.15) is 0 Å². The first kappa shape index (κ1) is 15.1. The summed E-state index contributed by atoms with van der Waals surface area (Å²) in [5.41, 5.74) is 2.71. The van der Waals surface area contributed by atoms with Crippen molar-refractivity contribution in [2.45, 2.75) is 13.3 Å². The number of anilines is 1. The minimum absolute atomic E-state index is 0.129. The predicted octanol–water partition coefficient (Wildman–Crippen LogP) is 5.10. The second-order valence-corrected chi connectivity index (χ2v) is 5.84. The topological polar surface area (TPSA) is 29.1 Å². The van der Waals surface area contributed by atoms with Crippen molar-refractivity contribution in [3.05, 3.63) is 63.1 Å². The maximum atomic E-state index is 12.0. The molecule has 0 amide bonds. The molecule has 2 aromatic carbocycles. The van der Waals surface area contributed by atoms with Crippen LogP contribution in [0.3, 0.4) is 0 Å². The molecule has 0 unspecified atom stereocenters. The summed E-state index contributed by atoms with van der Waals surface area (Å²) in [4.78, 5) is 12.0. The van der Waals surface area contributed by atoms with E-state index in [9.17, 15) is 4.79 Å². The molecule has 0 aliphatic heterocycles. The van der Waals surface area contributed by atoms with E-state index in [2.05, 4.69) is 21.2 Å². The zero-order valence-corrected chi connectivity index (χ0v) is 13.5.